The van der Waals surface area contributed by atoms with Gasteiger partial charge in [-0.15, -0.1) is 0 Å². The van der Waals surface area contributed by atoms with E-state index < -0.39 is 0 Å². The van der Waals surface area contributed by atoms with Crippen LogP contribution < -0.4 is 5.56 Å². The predicted molar refractivity (Wildman–Crippen MR) is 66.7 cm³/mol. The number of benzene rings is 1. The van der Waals surface area contributed by atoms with Crippen molar-refractivity contribution in [1.29, 1.82) is 0 Å². The van der Waals surface area contributed by atoms with Gasteiger partial charge in [0.05, 0.1) is 5.69 Å². The Morgan fingerprint density at radius 2 is 1.94 bits per heavy atom. The molecule has 0 aliphatic carbocycles. The van der Waals surface area contributed by atoms with E-state index in [2.05, 4.69) is 4.98 Å². The van der Waals surface area contributed by atoms with Gasteiger partial charge in [0, 0.05) is 13.1 Å². The summed E-state index contributed by atoms with van der Waals surface area (Å²) in [6.07, 6.45) is 1.91. The summed E-state index contributed by atoms with van der Waals surface area (Å²) in [7, 11) is 1.92. The fraction of sp³-hybridized carbons (Fsp3) is 0.167. The summed E-state index contributed by atoms with van der Waals surface area (Å²) >= 11 is 1.47. The lowest BCUT2D eigenvalue weighted by Gasteiger charge is -2.11. The summed E-state index contributed by atoms with van der Waals surface area (Å²) in [6, 6.07) is 11.4. The van der Waals surface area contributed by atoms with Crippen LogP contribution in [0.3, 0.4) is 0 Å². The predicted octanol–water partition coefficient (Wildman–Crippen LogP) is 2.17. The van der Waals surface area contributed by atoms with Crippen molar-refractivity contribution < 1.29 is 0 Å². The van der Waals surface area contributed by atoms with Gasteiger partial charge in [-0.1, -0.05) is 42.1 Å². The van der Waals surface area contributed by atoms with Crippen LogP contribution in [0.2, 0.25) is 0 Å². The van der Waals surface area contributed by atoms with Crippen LogP contribution in [-0.2, 0) is 7.05 Å². The molecule has 0 spiro atoms. The molecule has 2 aromatic rings. The molecule has 0 N–H and O–H groups in total. The third-order valence-corrected chi connectivity index (χ3v) is 3.10. The average Bonchev–Trinajstić information content (AvgIpc) is 2.33. The van der Waals surface area contributed by atoms with E-state index in [0.717, 1.165) is 16.4 Å². The van der Waals surface area contributed by atoms with Crippen molar-refractivity contribution in [1.82, 2.24) is 9.55 Å². The maximum absolute atomic E-state index is 11.5. The molecule has 1 heterocycles. The minimum absolute atomic E-state index is 0.193. The van der Waals surface area contributed by atoms with Crippen molar-refractivity contribution in [2.75, 3.05) is 6.26 Å². The molecule has 16 heavy (non-hydrogen) atoms. The maximum atomic E-state index is 11.5. The lowest BCUT2D eigenvalue weighted by molar-refractivity contribution is 0.737. The Morgan fingerprint density at radius 3 is 2.56 bits per heavy atom. The fourth-order valence-electron chi connectivity index (χ4n) is 1.59. The molecule has 82 valence electrons. The number of thioether (sulfide) groups is 1. The molecular weight excluding hydrogens is 220 g/mol. The summed E-state index contributed by atoms with van der Waals surface area (Å²) in [5.41, 5.74) is 1.73. The van der Waals surface area contributed by atoms with Gasteiger partial charge in [0.1, 0.15) is 0 Å². The topological polar surface area (TPSA) is 34.9 Å². The molecule has 0 aliphatic rings. The zero-order chi connectivity index (χ0) is 11.5. The molecule has 0 bridgehead atoms. The summed E-state index contributed by atoms with van der Waals surface area (Å²) in [5, 5.41) is 0.728. The summed E-state index contributed by atoms with van der Waals surface area (Å²) in [4.78, 5) is 15.4. The summed E-state index contributed by atoms with van der Waals surface area (Å²) < 4.78 is 1.93. The molecule has 0 radical (unpaired) electrons. The van der Waals surface area contributed by atoms with Gasteiger partial charge in [0.15, 0.2) is 5.16 Å². The van der Waals surface area contributed by atoms with Gasteiger partial charge >= 0.3 is 0 Å². The Bertz CT molecular complexity index is 549. The van der Waals surface area contributed by atoms with Crippen molar-refractivity contribution in [2.24, 2.45) is 7.05 Å². The molecule has 0 amide bonds. The van der Waals surface area contributed by atoms with E-state index in [1.807, 2.05) is 48.2 Å². The summed E-state index contributed by atoms with van der Waals surface area (Å²) in [6.45, 7) is 0. The van der Waals surface area contributed by atoms with Crippen molar-refractivity contribution >= 4 is 11.8 Å². The number of hydrogen-bond donors (Lipinski definition) is 0. The van der Waals surface area contributed by atoms with E-state index in [-0.39, 0.29) is 5.56 Å². The highest BCUT2D eigenvalue weighted by atomic mass is 32.2. The van der Waals surface area contributed by atoms with Crippen molar-refractivity contribution in [3.63, 3.8) is 0 Å². The highest BCUT2D eigenvalue weighted by Crippen LogP contribution is 2.20. The second kappa shape index (κ2) is 4.53. The van der Waals surface area contributed by atoms with E-state index in [1.54, 1.807) is 6.07 Å². The SMILES string of the molecule is CSc1nc(=O)cc(-c2ccccc2)n1C. The van der Waals surface area contributed by atoms with Gasteiger partial charge in [-0.3, -0.25) is 4.79 Å². The van der Waals surface area contributed by atoms with Crippen LogP contribution in [0.4, 0.5) is 0 Å². The first kappa shape index (κ1) is 11.0. The Kier molecular flexibility index (Phi) is 3.10. The molecule has 1 aromatic heterocycles. The maximum Gasteiger partial charge on any atom is 0.274 e. The lowest BCUT2D eigenvalue weighted by Crippen LogP contribution is -2.13. The molecule has 0 saturated carbocycles. The van der Waals surface area contributed by atoms with Gasteiger partial charge < -0.3 is 4.57 Å². The minimum Gasteiger partial charge on any atom is -0.323 e. The van der Waals surface area contributed by atoms with Crippen LogP contribution in [0.5, 0.6) is 0 Å². The highest BCUT2D eigenvalue weighted by molar-refractivity contribution is 7.98. The van der Waals surface area contributed by atoms with Crippen molar-refractivity contribution in [3.8, 4) is 11.3 Å². The molecule has 1 aromatic carbocycles. The third kappa shape index (κ3) is 2.02. The van der Waals surface area contributed by atoms with Crippen LogP contribution in [-0.4, -0.2) is 15.8 Å². The van der Waals surface area contributed by atoms with Gasteiger partial charge in [-0.25, -0.2) is 0 Å². The first-order valence-corrected chi connectivity index (χ1v) is 6.12. The molecule has 0 atom stereocenters. The first-order chi connectivity index (χ1) is 7.72. The molecule has 3 nitrogen and oxygen atoms in total. The van der Waals surface area contributed by atoms with Crippen LogP contribution in [0.1, 0.15) is 0 Å². The number of nitrogens with zero attached hydrogens (tertiary/aromatic N) is 2. The smallest absolute Gasteiger partial charge is 0.274 e. The molecular formula is C12H12N2OS. The summed E-state index contributed by atoms with van der Waals surface area (Å²) in [5.74, 6) is 0. The van der Waals surface area contributed by atoms with Gasteiger partial charge in [-0.05, 0) is 11.8 Å². The highest BCUT2D eigenvalue weighted by Gasteiger charge is 2.06. The molecule has 0 fully saturated rings. The Labute approximate surface area is 98.2 Å². The Morgan fingerprint density at radius 1 is 1.25 bits per heavy atom. The second-order valence-corrected chi connectivity index (χ2v) is 4.16. The molecule has 0 aliphatic heterocycles. The third-order valence-electron chi connectivity index (χ3n) is 2.37. The van der Waals surface area contributed by atoms with Gasteiger partial charge in [0.25, 0.3) is 5.56 Å². The molecule has 4 heteroatoms. The van der Waals surface area contributed by atoms with E-state index >= 15 is 0 Å². The number of hydrogen-bond acceptors (Lipinski definition) is 3. The van der Waals surface area contributed by atoms with E-state index in [0.29, 0.717) is 0 Å². The minimum atomic E-state index is -0.193. The normalized spacial score (nSPS) is 10.4. The quantitative estimate of drug-likeness (QED) is 0.588. The largest absolute Gasteiger partial charge is 0.323 e. The zero-order valence-electron chi connectivity index (χ0n) is 9.18. The van der Waals surface area contributed by atoms with Gasteiger partial charge in [-0.2, -0.15) is 4.98 Å². The Balaban J connectivity index is 2.66. The monoisotopic (exact) mass is 232 g/mol. The first-order valence-electron chi connectivity index (χ1n) is 4.90. The molecule has 2 rings (SSSR count). The van der Waals surface area contributed by atoms with Gasteiger partial charge in [0.2, 0.25) is 0 Å². The molecule has 0 unspecified atom stereocenters. The average molecular weight is 232 g/mol. The van der Waals surface area contributed by atoms with Crippen LogP contribution in [0, 0.1) is 0 Å². The van der Waals surface area contributed by atoms with Crippen LogP contribution in [0.25, 0.3) is 11.3 Å². The standard InChI is InChI=1S/C12H12N2OS/c1-14-10(9-6-4-3-5-7-9)8-11(15)13-12(14)16-2/h3-8H,1-2H3. The van der Waals surface area contributed by atoms with E-state index in [1.165, 1.54) is 11.8 Å². The second-order valence-electron chi connectivity index (χ2n) is 3.39. The van der Waals surface area contributed by atoms with Crippen molar-refractivity contribution in [3.05, 3.63) is 46.8 Å². The lowest BCUT2D eigenvalue weighted by atomic mass is 10.1. The Hall–Kier alpha value is -1.55. The number of rotatable bonds is 2. The van der Waals surface area contributed by atoms with Crippen LogP contribution >= 0.6 is 11.8 Å². The number of aromatic nitrogens is 2. The van der Waals surface area contributed by atoms with Crippen LogP contribution in [0.15, 0.2) is 46.3 Å². The zero-order valence-corrected chi connectivity index (χ0v) is 9.99. The van der Waals surface area contributed by atoms with E-state index in [4.69, 9.17) is 0 Å². The van der Waals surface area contributed by atoms with Crippen molar-refractivity contribution in [2.45, 2.75) is 5.16 Å². The van der Waals surface area contributed by atoms with E-state index in [9.17, 15) is 4.79 Å². The fourth-order valence-corrected chi connectivity index (χ4v) is 2.14. The molecule has 0 saturated heterocycles.